The van der Waals surface area contributed by atoms with E-state index in [1.165, 1.54) is 44.1 Å². The Morgan fingerprint density at radius 1 is 0.727 bits per heavy atom. The van der Waals surface area contributed by atoms with Gasteiger partial charge in [-0.3, -0.25) is 4.79 Å². The van der Waals surface area contributed by atoms with Crippen LogP contribution in [0.5, 0.6) is 5.75 Å². The molecule has 1 rings (SSSR count). The van der Waals surface area contributed by atoms with Crippen LogP contribution in [0.3, 0.4) is 0 Å². The molecule has 0 radical (unpaired) electrons. The van der Waals surface area contributed by atoms with E-state index in [-0.39, 0.29) is 12.4 Å². The Kier molecular flexibility index (Phi) is 16.7. The number of hydrogen-bond donors (Lipinski definition) is 0. The maximum Gasteiger partial charge on any atom is 0.308 e. The molecule has 0 bridgehead atoms. The molecule has 0 aliphatic heterocycles. The van der Waals surface area contributed by atoms with Crippen LogP contribution in [0.25, 0.3) is 0 Å². The lowest BCUT2D eigenvalue weighted by molar-refractivity contribution is -0.156. The highest BCUT2D eigenvalue weighted by Gasteiger charge is 2.15. The molecule has 0 spiro atoms. The Bertz CT molecular complexity index is 594. The van der Waals surface area contributed by atoms with E-state index in [9.17, 15) is 4.79 Å². The maximum atomic E-state index is 11.5. The van der Waals surface area contributed by atoms with Crippen LogP contribution in [0.1, 0.15) is 78.2 Å². The van der Waals surface area contributed by atoms with E-state index in [1.807, 2.05) is 32.9 Å². The van der Waals surface area contributed by atoms with E-state index in [0.717, 1.165) is 12.2 Å². The third kappa shape index (κ3) is 18.5. The molecule has 0 unspecified atom stereocenters. The summed E-state index contributed by atoms with van der Waals surface area (Å²) in [4.78, 5) is 11.5. The zero-order valence-electron chi connectivity index (χ0n) is 21.4. The number of ether oxygens (including phenoxy) is 5. The van der Waals surface area contributed by atoms with Crippen molar-refractivity contribution in [3.63, 3.8) is 0 Å². The number of hydrogen-bond acceptors (Lipinski definition) is 6. The Morgan fingerprint density at radius 2 is 1.27 bits per heavy atom. The molecule has 1 aromatic rings. The van der Waals surface area contributed by atoms with E-state index in [4.69, 9.17) is 23.7 Å². The van der Waals surface area contributed by atoms with Crippen molar-refractivity contribution < 1.29 is 28.5 Å². The maximum absolute atomic E-state index is 11.5. The minimum absolute atomic E-state index is 0.247. The molecule has 0 aromatic heterocycles. The zero-order chi connectivity index (χ0) is 24.2. The van der Waals surface area contributed by atoms with Crippen LogP contribution in [-0.4, -0.2) is 57.8 Å². The number of rotatable bonds is 20. The Morgan fingerprint density at radius 3 is 1.88 bits per heavy atom. The van der Waals surface area contributed by atoms with Gasteiger partial charge in [-0.1, -0.05) is 51.2 Å². The van der Waals surface area contributed by atoms with Crippen LogP contribution >= 0.6 is 0 Å². The molecule has 0 aliphatic carbocycles. The van der Waals surface area contributed by atoms with Crippen LogP contribution in [0.4, 0.5) is 0 Å². The Hall–Kier alpha value is -1.63. The molecule has 0 atom stereocenters. The van der Waals surface area contributed by atoms with Gasteiger partial charge in [0.25, 0.3) is 0 Å². The SMILES string of the molecule is CCCCCCCCc1ccc(OCCOCCOCCOCCC(=O)OC(C)(C)C)cc1. The molecular weight excluding hydrogens is 420 g/mol. The molecule has 1 aromatic carbocycles. The lowest BCUT2D eigenvalue weighted by Gasteiger charge is -2.19. The first-order valence-electron chi connectivity index (χ1n) is 12.6. The highest BCUT2D eigenvalue weighted by atomic mass is 16.6. The average molecular weight is 467 g/mol. The van der Waals surface area contributed by atoms with Gasteiger partial charge in [-0.05, 0) is 51.3 Å². The standard InChI is InChI=1S/C27H46O6/c1-5-6-7-8-9-10-11-24-12-14-25(15-13-24)32-23-22-31-21-20-30-19-18-29-17-16-26(28)33-27(2,3)4/h12-15H,5-11,16-23H2,1-4H3. The van der Waals surface area contributed by atoms with E-state index in [0.29, 0.717) is 46.2 Å². The van der Waals surface area contributed by atoms with Gasteiger partial charge in [0.1, 0.15) is 18.0 Å². The van der Waals surface area contributed by atoms with Crippen LogP contribution in [-0.2, 0) is 30.2 Å². The first-order chi connectivity index (χ1) is 15.9. The van der Waals surface area contributed by atoms with Crippen molar-refractivity contribution >= 4 is 5.97 Å². The zero-order valence-corrected chi connectivity index (χ0v) is 21.4. The van der Waals surface area contributed by atoms with Crippen LogP contribution in [0.2, 0.25) is 0 Å². The third-order valence-corrected chi connectivity index (χ3v) is 4.85. The van der Waals surface area contributed by atoms with Crippen molar-refractivity contribution in [2.24, 2.45) is 0 Å². The number of aryl methyl sites for hydroxylation is 1. The first-order valence-corrected chi connectivity index (χ1v) is 12.6. The monoisotopic (exact) mass is 466 g/mol. The molecule has 0 amide bonds. The molecule has 190 valence electrons. The van der Waals surface area contributed by atoms with Gasteiger partial charge in [0.05, 0.1) is 46.1 Å². The average Bonchev–Trinajstić information content (AvgIpc) is 2.76. The topological polar surface area (TPSA) is 63.2 Å². The van der Waals surface area contributed by atoms with Gasteiger partial charge in [0.2, 0.25) is 0 Å². The quantitative estimate of drug-likeness (QED) is 0.180. The smallest absolute Gasteiger partial charge is 0.308 e. The summed E-state index contributed by atoms with van der Waals surface area (Å²) in [5.74, 6) is 0.633. The molecule has 33 heavy (non-hydrogen) atoms. The molecule has 0 saturated carbocycles. The summed E-state index contributed by atoms with van der Waals surface area (Å²) in [7, 11) is 0. The molecule has 0 aliphatic rings. The van der Waals surface area contributed by atoms with Gasteiger partial charge >= 0.3 is 5.97 Å². The summed E-state index contributed by atoms with van der Waals surface area (Å²) in [6.07, 6.45) is 9.35. The number of carbonyl (C=O) groups excluding carboxylic acids is 1. The summed E-state index contributed by atoms with van der Waals surface area (Å²) in [5, 5.41) is 0. The Balaban J connectivity index is 1.90. The molecule has 0 saturated heterocycles. The predicted octanol–water partition coefficient (Wildman–Crippen LogP) is 5.75. The highest BCUT2D eigenvalue weighted by molar-refractivity contribution is 5.69. The molecule has 0 N–H and O–H groups in total. The number of carbonyl (C=O) groups is 1. The lowest BCUT2D eigenvalue weighted by Crippen LogP contribution is -2.24. The fraction of sp³-hybridized carbons (Fsp3) is 0.741. The summed E-state index contributed by atoms with van der Waals surface area (Å²) in [6, 6.07) is 8.40. The number of unbranched alkanes of at least 4 members (excludes halogenated alkanes) is 5. The van der Waals surface area contributed by atoms with Gasteiger partial charge < -0.3 is 23.7 Å². The number of esters is 1. The Labute approximate surface area is 201 Å². The predicted molar refractivity (Wildman–Crippen MR) is 132 cm³/mol. The van der Waals surface area contributed by atoms with E-state index < -0.39 is 5.60 Å². The van der Waals surface area contributed by atoms with Gasteiger partial charge in [0.15, 0.2) is 0 Å². The minimum atomic E-state index is -0.456. The van der Waals surface area contributed by atoms with Crippen molar-refractivity contribution in [3.8, 4) is 5.75 Å². The van der Waals surface area contributed by atoms with Crippen molar-refractivity contribution in [1.29, 1.82) is 0 Å². The van der Waals surface area contributed by atoms with Crippen LogP contribution in [0.15, 0.2) is 24.3 Å². The largest absolute Gasteiger partial charge is 0.491 e. The minimum Gasteiger partial charge on any atom is -0.491 e. The first kappa shape index (κ1) is 29.4. The van der Waals surface area contributed by atoms with Crippen LogP contribution < -0.4 is 4.74 Å². The van der Waals surface area contributed by atoms with Crippen molar-refractivity contribution in [3.05, 3.63) is 29.8 Å². The van der Waals surface area contributed by atoms with Gasteiger partial charge in [-0.25, -0.2) is 0 Å². The van der Waals surface area contributed by atoms with E-state index in [2.05, 4.69) is 19.1 Å². The lowest BCUT2D eigenvalue weighted by atomic mass is 10.0. The second-order valence-corrected chi connectivity index (χ2v) is 9.18. The van der Waals surface area contributed by atoms with Crippen molar-refractivity contribution in [1.82, 2.24) is 0 Å². The highest BCUT2D eigenvalue weighted by Crippen LogP contribution is 2.15. The summed E-state index contributed by atoms with van der Waals surface area (Å²) < 4.78 is 27.3. The van der Waals surface area contributed by atoms with E-state index >= 15 is 0 Å². The fourth-order valence-electron chi connectivity index (χ4n) is 3.17. The van der Waals surface area contributed by atoms with Gasteiger partial charge in [-0.15, -0.1) is 0 Å². The summed E-state index contributed by atoms with van der Waals surface area (Å²) in [6.45, 7) is 11.1. The van der Waals surface area contributed by atoms with E-state index in [1.54, 1.807) is 0 Å². The fourth-order valence-corrected chi connectivity index (χ4v) is 3.17. The molecule has 0 fully saturated rings. The molecule has 0 heterocycles. The summed E-state index contributed by atoms with van der Waals surface area (Å²) >= 11 is 0. The van der Waals surface area contributed by atoms with Gasteiger partial charge in [0, 0.05) is 0 Å². The van der Waals surface area contributed by atoms with Crippen LogP contribution in [0, 0.1) is 0 Å². The second kappa shape index (κ2) is 18.8. The molecule has 6 heteroatoms. The van der Waals surface area contributed by atoms with Gasteiger partial charge in [-0.2, -0.15) is 0 Å². The van der Waals surface area contributed by atoms with Crippen molar-refractivity contribution in [2.45, 2.75) is 84.7 Å². The molecule has 6 nitrogen and oxygen atoms in total. The third-order valence-electron chi connectivity index (χ3n) is 4.85. The van der Waals surface area contributed by atoms with Crippen molar-refractivity contribution in [2.75, 3.05) is 46.2 Å². The summed E-state index contributed by atoms with van der Waals surface area (Å²) in [5.41, 5.74) is 0.920. The normalized spacial score (nSPS) is 11.5. The second-order valence-electron chi connectivity index (χ2n) is 9.18. The molecular formula is C27H46O6. The number of benzene rings is 1.